The molecule has 0 bridgehead atoms. The molecule has 1 atom stereocenters. The largest absolute Gasteiger partial charge is 0.508 e. The number of hydrogen-bond donors (Lipinski definition) is 3. The van der Waals surface area contributed by atoms with Crippen molar-refractivity contribution >= 4 is 0 Å². The van der Waals surface area contributed by atoms with Crippen LogP contribution in [0.4, 0.5) is 0 Å². The zero-order valence-electron chi connectivity index (χ0n) is 7.61. The molecule has 13 heavy (non-hydrogen) atoms. The van der Waals surface area contributed by atoms with Gasteiger partial charge in [-0.05, 0) is 24.5 Å². The molecule has 0 fully saturated rings. The van der Waals surface area contributed by atoms with Crippen LogP contribution in [0.3, 0.4) is 0 Å². The van der Waals surface area contributed by atoms with E-state index in [0.717, 1.165) is 18.4 Å². The predicted octanol–water partition coefficient (Wildman–Crippen LogP) is 0.611. The summed E-state index contributed by atoms with van der Waals surface area (Å²) in [7, 11) is 0. The van der Waals surface area contributed by atoms with E-state index in [1.165, 1.54) is 0 Å². The summed E-state index contributed by atoms with van der Waals surface area (Å²) in [6, 6.07) is 7.33. The molecule has 1 aromatic carbocycles. The molecule has 0 saturated heterocycles. The van der Waals surface area contributed by atoms with E-state index in [1.807, 2.05) is 18.2 Å². The third kappa shape index (κ3) is 3.05. The highest BCUT2D eigenvalue weighted by Crippen LogP contribution is 2.17. The van der Waals surface area contributed by atoms with Crippen molar-refractivity contribution < 1.29 is 5.11 Å². The number of phenolic OH excluding ortho intramolecular Hbond substituents is 1. The normalized spacial score (nSPS) is 12.8. The zero-order chi connectivity index (χ0) is 9.68. The van der Waals surface area contributed by atoms with Crippen LogP contribution in [-0.2, 0) is 6.42 Å². The number of para-hydroxylation sites is 1. The second kappa shape index (κ2) is 4.84. The number of benzene rings is 1. The number of aryl methyl sites for hydroxylation is 1. The predicted molar refractivity (Wildman–Crippen MR) is 53.5 cm³/mol. The Balaban J connectivity index is 2.50. The van der Waals surface area contributed by atoms with E-state index in [9.17, 15) is 5.11 Å². The van der Waals surface area contributed by atoms with E-state index in [2.05, 4.69) is 0 Å². The third-order valence-corrected chi connectivity index (χ3v) is 2.08. The van der Waals surface area contributed by atoms with E-state index in [-0.39, 0.29) is 6.04 Å². The molecule has 0 spiro atoms. The molecule has 5 N–H and O–H groups in total. The summed E-state index contributed by atoms with van der Waals surface area (Å²) < 4.78 is 0. The van der Waals surface area contributed by atoms with Crippen LogP contribution >= 0.6 is 0 Å². The number of aromatic hydroxyl groups is 1. The number of rotatable bonds is 4. The highest BCUT2D eigenvalue weighted by Gasteiger charge is 2.03. The molecular formula is C10H16N2O. The Labute approximate surface area is 78.4 Å². The van der Waals surface area contributed by atoms with Gasteiger partial charge in [0.2, 0.25) is 0 Å². The Hall–Kier alpha value is -1.06. The lowest BCUT2D eigenvalue weighted by molar-refractivity contribution is 0.465. The van der Waals surface area contributed by atoms with Gasteiger partial charge in [-0.15, -0.1) is 0 Å². The Kier molecular flexibility index (Phi) is 3.73. The topological polar surface area (TPSA) is 72.3 Å². The summed E-state index contributed by atoms with van der Waals surface area (Å²) in [6.45, 7) is 0.494. The van der Waals surface area contributed by atoms with Gasteiger partial charge in [-0.25, -0.2) is 0 Å². The minimum atomic E-state index is 0.0274. The van der Waals surface area contributed by atoms with E-state index in [0.29, 0.717) is 12.3 Å². The van der Waals surface area contributed by atoms with Gasteiger partial charge in [0, 0.05) is 12.6 Å². The molecule has 0 aliphatic heterocycles. The maximum atomic E-state index is 9.42. The first kappa shape index (κ1) is 10.0. The van der Waals surface area contributed by atoms with Gasteiger partial charge in [0.05, 0.1) is 0 Å². The molecule has 1 unspecified atom stereocenters. The third-order valence-electron chi connectivity index (χ3n) is 2.08. The number of phenols is 1. The van der Waals surface area contributed by atoms with Crippen molar-refractivity contribution in [2.45, 2.75) is 18.9 Å². The molecule has 1 rings (SSSR count). The van der Waals surface area contributed by atoms with Crippen molar-refractivity contribution in [3.8, 4) is 5.75 Å². The maximum absolute atomic E-state index is 9.42. The zero-order valence-corrected chi connectivity index (χ0v) is 7.61. The first-order chi connectivity index (χ1) is 6.24. The summed E-state index contributed by atoms with van der Waals surface area (Å²) in [4.78, 5) is 0. The lowest BCUT2D eigenvalue weighted by atomic mass is 10.1. The van der Waals surface area contributed by atoms with Crippen molar-refractivity contribution in [2.75, 3.05) is 6.54 Å². The highest BCUT2D eigenvalue weighted by atomic mass is 16.3. The Morgan fingerprint density at radius 1 is 1.31 bits per heavy atom. The van der Waals surface area contributed by atoms with Crippen LogP contribution in [0, 0.1) is 0 Å². The highest BCUT2D eigenvalue weighted by molar-refractivity contribution is 5.31. The fourth-order valence-electron chi connectivity index (χ4n) is 1.18. The van der Waals surface area contributed by atoms with Crippen molar-refractivity contribution in [1.29, 1.82) is 0 Å². The molecule has 0 radical (unpaired) electrons. The van der Waals surface area contributed by atoms with Gasteiger partial charge in [0.15, 0.2) is 0 Å². The van der Waals surface area contributed by atoms with Crippen molar-refractivity contribution in [1.82, 2.24) is 0 Å². The monoisotopic (exact) mass is 180 g/mol. The van der Waals surface area contributed by atoms with Gasteiger partial charge in [0.1, 0.15) is 5.75 Å². The van der Waals surface area contributed by atoms with Crippen molar-refractivity contribution in [3.05, 3.63) is 29.8 Å². The van der Waals surface area contributed by atoms with Gasteiger partial charge in [-0.2, -0.15) is 0 Å². The molecule has 3 heteroatoms. The van der Waals surface area contributed by atoms with Gasteiger partial charge >= 0.3 is 0 Å². The minimum Gasteiger partial charge on any atom is -0.508 e. The summed E-state index contributed by atoms with van der Waals surface area (Å²) in [5.41, 5.74) is 12.0. The van der Waals surface area contributed by atoms with Gasteiger partial charge in [0.25, 0.3) is 0 Å². The molecule has 0 aliphatic rings. The summed E-state index contributed by atoms with van der Waals surface area (Å²) in [5, 5.41) is 9.42. The standard InChI is InChI=1S/C10H16N2O/c11-7-9(12)6-5-8-3-1-2-4-10(8)13/h1-4,9,13H,5-7,11-12H2. The molecule has 0 amide bonds. The van der Waals surface area contributed by atoms with Crippen LogP contribution in [0.5, 0.6) is 5.75 Å². The Morgan fingerprint density at radius 2 is 2.00 bits per heavy atom. The molecule has 0 aliphatic carbocycles. The van der Waals surface area contributed by atoms with Crippen LogP contribution in [-0.4, -0.2) is 17.7 Å². The second-order valence-corrected chi connectivity index (χ2v) is 3.16. The van der Waals surface area contributed by atoms with Gasteiger partial charge < -0.3 is 16.6 Å². The van der Waals surface area contributed by atoms with E-state index >= 15 is 0 Å². The molecular weight excluding hydrogens is 164 g/mol. The first-order valence-electron chi connectivity index (χ1n) is 4.46. The average Bonchev–Trinajstić information content (AvgIpc) is 2.16. The van der Waals surface area contributed by atoms with E-state index < -0.39 is 0 Å². The fraction of sp³-hybridized carbons (Fsp3) is 0.400. The lowest BCUT2D eigenvalue weighted by Crippen LogP contribution is -2.29. The van der Waals surface area contributed by atoms with Crippen LogP contribution in [0.25, 0.3) is 0 Å². The SMILES string of the molecule is NCC(N)CCc1ccccc1O. The molecule has 0 aromatic heterocycles. The molecule has 72 valence electrons. The Bertz CT molecular complexity index is 263. The molecule has 1 aromatic rings. The maximum Gasteiger partial charge on any atom is 0.118 e. The van der Waals surface area contributed by atoms with Crippen LogP contribution in [0.1, 0.15) is 12.0 Å². The second-order valence-electron chi connectivity index (χ2n) is 3.16. The molecule has 0 saturated carbocycles. The van der Waals surface area contributed by atoms with Crippen molar-refractivity contribution in [3.63, 3.8) is 0 Å². The summed E-state index contributed by atoms with van der Waals surface area (Å²) >= 11 is 0. The van der Waals surface area contributed by atoms with E-state index in [1.54, 1.807) is 6.07 Å². The summed E-state index contributed by atoms with van der Waals surface area (Å²) in [5.74, 6) is 0.340. The van der Waals surface area contributed by atoms with Crippen LogP contribution in [0.2, 0.25) is 0 Å². The fourth-order valence-corrected chi connectivity index (χ4v) is 1.18. The molecule has 3 nitrogen and oxygen atoms in total. The molecule has 0 heterocycles. The van der Waals surface area contributed by atoms with Gasteiger partial charge in [-0.3, -0.25) is 0 Å². The van der Waals surface area contributed by atoms with Crippen LogP contribution < -0.4 is 11.5 Å². The van der Waals surface area contributed by atoms with Crippen molar-refractivity contribution in [2.24, 2.45) is 11.5 Å². The van der Waals surface area contributed by atoms with E-state index in [4.69, 9.17) is 11.5 Å². The summed E-state index contributed by atoms with van der Waals surface area (Å²) in [6.07, 6.45) is 1.60. The quantitative estimate of drug-likeness (QED) is 0.635. The minimum absolute atomic E-state index is 0.0274. The average molecular weight is 180 g/mol. The Morgan fingerprint density at radius 3 is 2.62 bits per heavy atom. The number of nitrogens with two attached hydrogens (primary N) is 2. The first-order valence-corrected chi connectivity index (χ1v) is 4.46. The smallest absolute Gasteiger partial charge is 0.118 e. The van der Waals surface area contributed by atoms with Crippen LogP contribution in [0.15, 0.2) is 24.3 Å². The lowest BCUT2D eigenvalue weighted by Gasteiger charge is -2.08. The van der Waals surface area contributed by atoms with Gasteiger partial charge in [-0.1, -0.05) is 18.2 Å². The number of hydrogen-bond acceptors (Lipinski definition) is 3.